The molecule has 86 valence electrons. The van der Waals surface area contributed by atoms with Crippen molar-refractivity contribution >= 4 is 17.4 Å². The van der Waals surface area contributed by atoms with Gasteiger partial charge in [-0.15, -0.1) is 16.7 Å². The summed E-state index contributed by atoms with van der Waals surface area (Å²) in [6.07, 6.45) is 5.39. The minimum atomic E-state index is 0.444. The van der Waals surface area contributed by atoms with Gasteiger partial charge in [-0.25, -0.2) is 0 Å². The minimum Gasteiger partial charge on any atom is -0.352 e. The van der Waals surface area contributed by atoms with E-state index in [2.05, 4.69) is 21.2 Å². The number of aromatic nitrogens is 2. The second kappa shape index (κ2) is 4.21. The summed E-state index contributed by atoms with van der Waals surface area (Å²) in [5.74, 6) is 2.37. The molecule has 2 saturated carbocycles. The molecule has 0 spiro atoms. The molecule has 0 radical (unpaired) electrons. The van der Waals surface area contributed by atoms with Gasteiger partial charge in [0, 0.05) is 12.6 Å². The van der Waals surface area contributed by atoms with Crippen LogP contribution in [0.5, 0.6) is 0 Å². The van der Waals surface area contributed by atoms with Gasteiger partial charge in [0.05, 0.1) is 11.6 Å². The van der Waals surface area contributed by atoms with Crippen molar-refractivity contribution in [2.45, 2.75) is 37.6 Å². The second-order valence-electron chi connectivity index (χ2n) is 4.84. The number of hydrogen-bond acceptors (Lipinski definition) is 3. The van der Waals surface area contributed by atoms with Gasteiger partial charge in [-0.2, -0.15) is 5.10 Å². The predicted molar refractivity (Wildman–Crippen MR) is 64.7 cm³/mol. The smallest absolute Gasteiger partial charge is 0.151 e. The van der Waals surface area contributed by atoms with Crippen molar-refractivity contribution in [2.24, 2.45) is 5.92 Å². The van der Waals surface area contributed by atoms with Crippen molar-refractivity contribution in [1.29, 1.82) is 0 Å². The van der Waals surface area contributed by atoms with E-state index in [4.69, 9.17) is 11.6 Å². The molecule has 16 heavy (non-hydrogen) atoms. The van der Waals surface area contributed by atoms with Crippen LogP contribution in [0.4, 0.5) is 5.82 Å². The molecule has 0 saturated heterocycles. The first-order valence-corrected chi connectivity index (χ1v) is 6.55. The van der Waals surface area contributed by atoms with Crippen LogP contribution in [-0.4, -0.2) is 22.8 Å². The van der Waals surface area contributed by atoms with Crippen LogP contribution in [0.25, 0.3) is 0 Å². The normalized spacial score (nSPS) is 19.8. The molecular formula is C12H16ClN3. The zero-order chi connectivity index (χ0) is 11.0. The molecule has 0 bridgehead atoms. The van der Waals surface area contributed by atoms with Gasteiger partial charge in [0.1, 0.15) is 0 Å². The van der Waals surface area contributed by atoms with E-state index in [-0.39, 0.29) is 0 Å². The molecule has 1 aromatic rings. The number of rotatable bonds is 5. The molecular weight excluding hydrogens is 222 g/mol. The Morgan fingerprint density at radius 1 is 1.19 bits per heavy atom. The summed E-state index contributed by atoms with van der Waals surface area (Å²) in [5.41, 5.74) is 0.854. The number of alkyl halides is 1. The van der Waals surface area contributed by atoms with Crippen LogP contribution in [0, 0.1) is 5.92 Å². The monoisotopic (exact) mass is 237 g/mol. The van der Waals surface area contributed by atoms with E-state index in [1.54, 1.807) is 0 Å². The van der Waals surface area contributed by atoms with Crippen LogP contribution in [0.3, 0.4) is 0 Å². The third-order valence-corrected chi connectivity index (χ3v) is 3.55. The van der Waals surface area contributed by atoms with E-state index in [9.17, 15) is 0 Å². The first kappa shape index (κ1) is 10.3. The first-order chi connectivity index (χ1) is 7.86. The first-order valence-electron chi connectivity index (χ1n) is 6.02. The molecule has 2 aliphatic rings. The third kappa shape index (κ3) is 2.29. The van der Waals surface area contributed by atoms with Crippen LogP contribution in [-0.2, 0) is 5.88 Å². The Morgan fingerprint density at radius 2 is 2.00 bits per heavy atom. The Labute approximate surface area is 101 Å². The average Bonchev–Trinajstić information content (AvgIpc) is 3.16. The highest BCUT2D eigenvalue weighted by molar-refractivity contribution is 6.16. The molecule has 0 amide bonds. The lowest BCUT2D eigenvalue weighted by Crippen LogP contribution is -2.29. The fourth-order valence-corrected chi connectivity index (χ4v) is 2.11. The molecule has 0 aromatic carbocycles. The van der Waals surface area contributed by atoms with Crippen LogP contribution < -0.4 is 4.90 Å². The van der Waals surface area contributed by atoms with E-state index in [1.807, 2.05) is 6.07 Å². The molecule has 1 heterocycles. The Balaban J connectivity index is 1.74. The van der Waals surface area contributed by atoms with E-state index >= 15 is 0 Å². The number of anilines is 1. The van der Waals surface area contributed by atoms with Crippen LogP contribution in [0.15, 0.2) is 12.1 Å². The maximum Gasteiger partial charge on any atom is 0.151 e. The molecule has 1 aromatic heterocycles. The lowest BCUT2D eigenvalue weighted by atomic mass is 10.3. The molecule has 3 nitrogen and oxygen atoms in total. The van der Waals surface area contributed by atoms with Gasteiger partial charge >= 0.3 is 0 Å². The van der Waals surface area contributed by atoms with Crippen molar-refractivity contribution in [2.75, 3.05) is 11.4 Å². The molecule has 0 N–H and O–H groups in total. The standard InChI is InChI=1S/C12H16ClN3/c13-7-10-3-6-12(15-14-10)16(11-4-5-11)8-9-1-2-9/h3,6,9,11H,1-2,4-5,7-8H2. The molecule has 0 unspecified atom stereocenters. The Kier molecular flexibility index (Phi) is 2.72. The molecule has 2 fully saturated rings. The lowest BCUT2D eigenvalue weighted by Gasteiger charge is -2.22. The van der Waals surface area contributed by atoms with Gasteiger partial charge in [-0.1, -0.05) is 0 Å². The zero-order valence-corrected chi connectivity index (χ0v) is 10.0. The van der Waals surface area contributed by atoms with Gasteiger partial charge in [0.25, 0.3) is 0 Å². The van der Waals surface area contributed by atoms with Gasteiger partial charge in [-0.05, 0) is 43.7 Å². The maximum absolute atomic E-state index is 5.71. The highest BCUT2D eigenvalue weighted by atomic mass is 35.5. The summed E-state index contributed by atoms with van der Waals surface area (Å²) in [7, 11) is 0. The van der Waals surface area contributed by atoms with Gasteiger partial charge in [0.15, 0.2) is 5.82 Å². The number of hydrogen-bond donors (Lipinski definition) is 0. The summed E-state index contributed by atoms with van der Waals surface area (Å²) in [6.45, 7) is 1.17. The summed E-state index contributed by atoms with van der Waals surface area (Å²) >= 11 is 5.71. The Hall–Kier alpha value is -0.830. The SMILES string of the molecule is ClCc1ccc(N(CC2CC2)C2CC2)nn1. The zero-order valence-electron chi connectivity index (χ0n) is 9.27. The van der Waals surface area contributed by atoms with Gasteiger partial charge in [-0.3, -0.25) is 0 Å². The van der Waals surface area contributed by atoms with Crippen molar-refractivity contribution in [3.8, 4) is 0 Å². The second-order valence-corrected chi connectivity index (χ2v) is 5.11. The quantitative estimate of drug-likeness (QED) is 0.738. The van der Waals surface area contributed by atoms with Crippen molar-refractivity contribution in [3.05, 3.63) is 17.8 Å². The molecule has 3 rings (SSSR count). The van der Waals surface area contributed by atoms with Gasteiger partial charge in [0.2, 0.25) is 0 Å². The van der Waals surface area contributed by atoms with Crippen LogP contribution in [0.1, 0.15) is 31.4 Å². The van der Waals surface area contributed by atoms with E-state index in [0.29, 0.717) is 5.88 Å². The Bertz CT molecular complexity index is 357. The summed E-state index contributed by atoms with van der Waals surface area (Å²) in [4.78, 5) is 2.43. The molecule has 2 aliphatic carbocycles. The minimum absolute atomic E-state index is 0.444. The van der Waals surface area contributed by atoms with E-state index in [0.717, 1.165) is 23.5 Å². The van der Waals surface area contributed by atoms with E-state index < -0.39 is 0 Å². The number of halogens is 1. The lowest BCUT2D eigenvalue weighted by molar-refractivity contribution is 0.700. The van der Waals surface area contributed by atoms with E-state index in [1.165, 1.54) is 32.2 Å². The van der Waals surface area contributed by atoms with Crippen molar-refractivity contribution in [3.63, 3.8) is 0 Å². The molecule has 0 atom stereocenters. The largest absolute Gasteiger partial charge is 0.352 e. The predicted octanol–water partition coefficient (Wildman–Crippen LogP) is 2.59. The fourth-order valence-electron chi connectivity index (χ4n) is 1.97. The Morgan fingerprint density at radius 3 is 2.50 bits per heavy atom. The average molecular weight is 238 g/mol. The summed E-state index contributed by atoms with van der Waals surface area (Å²) in [6, 6.07) is 4.76. The summed E-state index contributed by atoms with van der Waals surface area (Å²) < 4.78 is 0. The molecule has 0 aliphatic heterocycles. The van der Waals surface area contributed by atoms with Crippen molar-refractivity contribution in [1.82, 2.24) is 10.2 Å². The van der Waals surface area contributed by atoms with Gasteiger partial charge < -0.3 is 4.90 Å². The molecule has 4 heteroatoms. The maximum atomic E-state index is 5.71. The fraction of sp³-hybridized carbons (Fsp3) is 0.667. The topological polar surface area (TPSA) is 29.0 Å². The van der Waals surface area contributed by atoms with Crippen LogP contribution >= 0.6 is 11.6 Å². The number of nitrogens with zero attached hydrogens (tertiary/aromatic N) is 3. The van der Waals surface area contributed by atoms with Crippen LogP contribution in [0.2, 0.25) is 0 Å². The highest BCUT2D eigenvalue weighted by Gasteiger charge is 2.34. The van der Waals surface area contributed by atoms with Crippen molar-refractivity contribution < 1.29 is 0 Å². The third-order valence-electron chi connectivity index (χ3n) is 3.28. The highest BCUT2D eigenvalue weighted by Crippen LogP contribution is 2.36. The summed E-state index contributed by atoms with van der Waals surface area (Å²) in [5, 5.41) is 8.42.